The largest absolute Gasteiger partial charge is 0.508 e. The van der Waals surface area contributed by atoms with Crippen LogP contribution in [0.4, 0.5) is 0 Å². The second-order valence-corrected chi connectivity index (χ2v) is 10.2. The van der Waals surface area contributed by atoms with E-state index < -0.39 is 60.2 Å². The molecule has 0 heterocycles. The fraction of sp³-hybridized carbons (Fsp3) is 0.258. The van der Waals surface area contributed by atoms with Crippen LogP contribution >= 0.6 is 0 Å². The molecule has 9 N–H and O–H groups in total. The standard InChI is InChI=1S/C31H34N4O9/c32-23(14-18-4-2-1-3-5-18)28(40)33-24(15-19-6-10-21(36)11-7-19)29(41)34-25(16-20-8-12-22(37)13-9-20)30(42)35-26(31(43)44)17-27(38)39/h1-13,23-26,36-37H,14-17,32H2,(H,33,40)(H,34,41)(H,35,42)(H,38,39)(H,43,44). The first-order valence-corrected chi connectivity index (χ1v) is 13.6. The minimum atomic E-state index is -1.78. The first kappa shape index (κ1) is 33.1. The summed E-state index contributed by atoms with van der Waals surface area (Å²) in [5, 5.41) is 45.1. The minimum Gasteiger partial charge on any atom is -0.508 e. The zero-order valence-corrected chi connectivity index (χ0v) is 23.6. The molecule has 4 atom stereocenters. The fourth-order valence-corrected chi connectivity index (χ4v) is 4.31. The Morgan fingerprint density at radius 2 is 0.977 bits per heavy atom. The summed E-state index contributed by atoms with van der Waals surface area (Å²) >= 11 is 0. The van der Waals surface area contributed by atoms with Gasteiger partial charge in [0.2, 0.25) is 17.7 Å². The molecular formula is C31H34N4O9. The third kappa shape index (κ3) is 10.4. The number of nitrogens with two attached hydrogens (primary N) is 1. The average Bonchev–Trinajstić information content (AvgIpc) is 2.98. The maximum Gasteiger partial charge on any atom is 0.326 e. The van der Waals surface area contributed by atoms with Crippen molar-refractivity contribution in [3.05, 3.63) is 95.6 Å². The SMILES string of the molecule is NC(Cc1ccccc1)C(=O)NC(Cc1ccc(O)cc1)C(=O)NC(Cc1ccc(O)cc1)C(=O)NC(CC(=O)O)C(=O)O. The average molecular weight is 607 g/mol. The molecule has 0 fully saturated rings. The summed E-state index contributed by atoms with van der Waals surface area (Å²) in [5.41, 5.74) is 7.98. The van der Waals surface area contributed by atoms with Crippen molar-refractivity contribution in [3.63, 3.8) is 0 Å². The first-order chi connectivity index (χ1) is 20.9. The molecule has 0 saturated carbocycles. The van der Waals surface area contributed by atoms with E-state index in [-0.39, 0.29) is 30.8 Å². The number of phenols is 2. The summed E-state index contributed by atoms with van der Waals surface area (Å²) in [6, 6.07) is 15.2. The van der Waals surface area contributed by atoms with Crippen molar-refractivity contribution >= 4 is 29.7 Å². The Kier molecular flexibility index (Phi) is 11.8. The van der Waals surface area contributed by atoms with Crippen LogP contribution in [0.25, 0.3) is 0 Å². The summed E-state index contributed by atoms with van der Waals surface area (Å²) in [6.07, 6.45) is -0.934. The Hall–Kier alpha value is -5.43. The predicted octanol–water partition coefficient (Wildman–Crippen LogP) is 0.467. The zero-order valence-electron chi connectivity index (χ0n) is 23.6. The molecule has 0 aromatic heterocycles. The summed E-state index contributed by atoms with van der Waals surface area (Å²) < 4.78 is 0. The second kappa shape index (κ2) is 15.7. The van der Waals surface area contributed by atoms with Crippen molar-refractivity contribution in [1.82, 2.24) is 16.0 Å². The number of aliphatic carboxylic acids is 2. The highest BCUT2D eigenvalue weighted by Crippen LogP contribution is 2.14. The van der Waals surface area contributed by atoms with Gasteiger partial charge in [-0.1, -0.05) is 54.6 Å². The second-order valence-electron chi connectivity index (χ2n) is 10.2. The van der Waals surface area contributed by atoms with Crippen molar-refractivity contribution in [3.8, 4) is 11.5 Å². The maximum atomic E-state index is 13.6. The van der Waals surface area contributed by atoms with Gasteiger partial charge in [0.1, 0.15) is 29.6 Å². The first-order valence-electron chi connectivity index (χ1n) is 13.6. The van der Waals surface area contributed by atoms with Gasteiger partial charge in [-0.15, -0.1) is 0 Å². The molecule has 232 valence electrons. The summed E-state index contributed by atoms with van der Waals surface area (Å²) in [6.45, 7) is 0. The van der Waals surface area contributed by atoms with Gasteiger partial charge in [-0.05, 0) is 47.4 Å². The monoisotopic (exact) mass is 606 g/mol. The quantitative estimate of drug-likeness (QED) is 0.119. The molecule has 3 aromatic rings. The highest BCUT2D eigenvalue weighted by atomic mass is 16.4. The number of carboxylic acids is 2. The fourth-order valence-electron chi connectivity index (χ4n) is 4.31. The highest BCUT2D eigenvalue weighted by molar-refractivity contribution is 5.95. The third-order valence-corrected chi connectivity index (χ3v) is 6.65. The number of amides is 3. The molecule has 4 unspecified atom stereocenters. The topological polar surface area (TPSA) is 228 Å². The van der Waals surface area contributed by atoms with E-state index in [0.29, 0.717) is 11.1 Å². The molecule has 3 amide bonds. The van der Waals surface area contributed by atoms with Gasteiger partial charge in [0, 0.05) is 12.8 Å². The van der Waals surface area contributed by atoms with E-state index in [9.17, 15) is 39.3 Å². The van der Waals surface area contributed by atoms with Crippen LogP contribution < -0.4 is 21.7 Å². The van der Waals surface area contributed by atoms with Crippen LogP contribution in [0, 0.1) is 0 Å². The van der Waals surface area contributed by atoms with Gasteiger partial charge in [0.05, 0.1) is 12.5 Å². The molecule has 0 saturated heterocycles. The van der Waals surface area contributed by atoms with Gasteiger partial charge in [-0.3, -0.25) is 19.2 Å². The van der Waals surface area contributed by atoms with Crippen LogP contribution in [0.2, 0.25) is 0 Å². The van der Waals surface area contributed by atoms with E-state index >= 15 is 0 Å². The summed E-state index contributed by atoms with van der Waals surface area (Å²) in [7, 11) is 0. The van der Waals surface area contributed by atoms with Crippen molar-refractivity contribution in [1.29, 1.82) is 0 Å². The molecule has 0 aliphatic carbocycles. The highest BCUT2D eigenvalue weighted by Gasteiger charge is 2.31. The van der Waals surface area contributed by atoms with Crippen molar-refractivity contribution in [2.24, 2.45) is 5.73 Å². The number of phenolic OH excluding ortho intramolecular Hbond substituents is 2. The predicted molar refractivity (Wildman–Crippen MR) is 157 cm³/mol. The molecule has 0 bridgehead atoms. The molecular weight excluding hydrogens is 572 g/mol. The van der Waals surface area contributed by atoms with E-state index in [2.05, 4.69) is 16.0 Å². The Bertz CT molecular complexity index is 1450. The number of hydrogen-bond acceptors (Lipinski definition) is 8. The van der Waals surface area contributed by atoms with E-state index in [1.807, 2.05) is 6.07 Å². The zero-order chi connectivity index (χ0) is 32.2. The van der Waals surface area contributed by atoms with Crippen LogP contribution in [0.1, 0.15) is 23.1 Å². The maximum absolute atomic E-state index is 13.6. The third-order valence-electron chi connectivity index (χ3n) is 6.65. The van der Waals surface area contributed by atoms with Crippen molar-refractivity contribution in [2.45, 2.75) is 49.9 Å². The van der Waals surface area contributed by atoms with Gasteiger partial charge in [0.15, 0.2) is 0 Å². The number of hydrogen-bond donors (Lipinski definition) is 8. The molecule has 0 aliphatic heterocycles. The number of carbonyl (C=O) groups is 5. The number of aromatic hydroxyl groups is 2. The number of carbonyl (C=O) groups excluding carboxylic acids is 3. The number of carboxylic acid groups (broad SMARTS) is 2. The lowest BCUT2D eigenvalue weighted by Gasteiger charge is -2.25. The number of rotatable bonds is 15. The van der Waals surface area contributed by atoms with Gasteiger partial charge in [0.25, 0.3) is 0 Å². The lowest BCUT2D eigenvalue weighted by atomic mass is 10.0. The van der Waals surface area contributed by atoms with Crippen LogP contribution in [0.3, 0.4) is 0 Å². The van der Waals surface area contributed by atoms with Gasteiger partial charge >= 0.3 is 11.9 Å². The van der Waals surface area contributed by atoms with E-state index in [1.165, 1.54) is 36.4 Å². The molecule has 3 aromatic carbocycles. The van der Waals surface area contributed by atoms with E-state index in [0.717, 1.165) is 5.56 Å². The van der Waals surface area contributed by atoms with Crippen LogP contribution in [0.5, 0.6) is 11.5 Å². The Balaban J connectivity index is 1.85. The number of nitrogens with one attached hydrogen (secondary N) is 3. The summed E-state index contributed by atoms with van der Waals surface area (Å²) in [4.78, 5) is 62.7. The van der Waals surface area contributed by atoms with Crippen LogP contribution in [-0.4, -0.2) is 74.3 Å². The normalized spacial score (nSPS) is 13.5. The van der Waals surface area contributed by atoms with E-state index in [4.69, 9.17) is 10.8 Å². The molecule has 0 radical (unpaired) electrons. The lowest BCUT2D eigenvalue weighted by molar-refractivity contribution is -0.147. The van der Waals surface area contributed by atoms with E-state index in [1.54, 1.807) is 36.4 Å². The Morgan fingerprint density at radius 3 is 1.41 bits per heavy atom. The molecule has 13 nitrogen and oxygen atoms in total. The Labute approximate surface area is 252 Å². The molecule has 44 heavy (non-hydrogen) atoms. The van der Waals surface area contributed by atoms with Crippen molar-refractivity contribution < 1.29 is 44.4 Å². The van der Waals surface area contributed by atoms with Gasteiger partial charge in [-0.25, -0.2) is 4.79 Å². The van der Waals surface area contributed by atoms with Crippen LogP contribution in [0.15, 0.2) is 78.9 Å². The molecule has 0 aliphatic rings. The van der Waals surface area contributed by atoms with Crippen molar-refractivity contribution in [2.75, 3.05) is 0 Å². The number of benzene rings is 3. The summed E-state index contributed by atoms with van der Waals surface area (Å²) in [5.74, 6) is -5.52. The van der Waals surface area contributed by atoms with Crippen LogP contribution in [-0.2, 0) is 43.2 Å². The smallest absolute Gasteiger partial charge is 0.326 e. The molecule has 3 rings (SSSR count). The Morgan fingerprint density at radius 1 is 0.568 bits per heavy atom. The van der Waals surface area contributed by atoms with Gasteiger partial charge in [-0.2, -0.15) is 0 Å². The minimum absolute atomic E-state index is 0.0105. The van der Waals surface area contributed by atoms with Gasteiger partial charge < -0.3 is 42.1 Å². The molecule has 0 spiro atoms. The lowest BCUT2D eigenvalue weighted by Crippen LogP contribution is -2.58. The molecule has 13 heteroatoms.